The summed E-state index contributed by atoms with van der Waals surface area (Å²) in [6.45, 7) is 0.393. The van der Waals surface area contributed by atoms with E-state index in [1.165, 1.54) is 7.11 Å². The molecule has 1 saturated heterocycles. The molecule has 1 heterocycles. The molecule has 2 aromatic carbocycles. The van der Waals surface area contributed by atoms with Gasteiger partial charge in [-0.3, -0.25) is 4.79 Å². The zero-order valence-electron chi connectivity index (χ0n) is 14.4. The lowest BCUT2D eigenvalue weighted by Crippen LogP contribution is -2.20. The minimum atomic E-state index is -0.345. The summed E-state index contributed by atoms with van der Waals surface area (Å²) < 4.78 is 22.0. The standard InChI is InChI=1S/C20H22O5/c1-22-15-10-8-14(9-11-15)19-18(20(21)23-2)12-17(25-19)13-24-16-6-4-3-5-7-16/h3-11,17-19H,12-13H2,1-2H3/t17-,18+,19-/m0/s1. The van der Waals surface area contributed by atoms with Crippen LogP contribution in [0.4, 0.5) is 0 Å². The van der Waals surface area contributed by atoms with Crippen LogP contribution in [0.2, 0.25) is 0 Å². The van der Waals surface area contributed by atoms with E-state index < -0.39 is 0 Å². The van der Waals surface area contributed by atoms with Crippen LogP contribution in [0.5, 0.6) is 11.5 Å². The summed E-state index contributed by atoms with van der Waals surface area (Å²) in [6.07, 6.45) is 0.0510. The molecule has 1 fully saturated rings. The summed E-state index contributed by atoms with van der Waals surface area (Å²) in [5, 5.41) is 0. The quantitative estimate of drug-likeness (QED) is 0.753. The Balaban J connectivity index is 1.70. The van der Waals surface area contributed by atoms with Gasteiger partial charge in [-0.25, -0.2) is 0 Å². The molecule has 5 heteroatoms. The molecule has 0 aliphatic carbocycles. The molecule has 0 bridgehead atoms. The predicted molar refractivity (Wildman–Crippen MR) is 92.7 cm³/mol. The molecular formula is C20H22O5. The smallest absolute Gasteiger partial charge is 0.311 e. The van der Waals surface area contributed by atoms with Gasteiger partial charge in [-0.2, -0.15) is 0 Å². The first-order valence-corrected chi connectivity index (χ1v) is 8.26. The van der Waals surface area contributed by atoms with Crippen LogP contribution in [0, 0.1) is 5.92 Å². The lowest BCUT2D eigenvalue weighted by molar-refractivity contribution is -0.147. The highest BCUT2D eigenvalue weighted by atomic mass is 16.6. The monoisotopic (exact) mass is 342 g/mol. The van der Waals surface area contributed by atoms with Crippen LogP contribution in [-0.2, 0) is 14.3 Å². The third-order valence-electron chi connectivity index (χ3n) is 4.35. The third kappa shape index (κ3) is 4.12. The minimum absolute atomic E-state index is 0.170. The van der Waals surface area contributed by atoms with Gasteiger partial charge in [0.15, 0.2) is 0 Å². The first kappa shape index (κ1) is 17.3. The largest absolute Gasteiger partial charge is 0.497 e. The van der Waals surface area contributed by atoms with Crippen LogP contribution in [0.3, 0.4) is 0 Å². The Labute approximate surface area is 147 Å². The maximum atomic E-state index is 12.2. The number of para-hydroxylation sites is 1. The topological polar surface area (TPSA) is 54.0 Å². The fraction of sp³-hybridized carbons (Fsp3) is 0.350. The van der Waals surface area contributed by atoms with Crippen LogP contribution < -0.4 is 9.47 Å². The molecular weight excluding hydrogens is 320 g/mol. The van der Waals surface area contributed by atoms with Gasteiger partial charge in [0.1, 0.15) is 18.1 Å². The van der Waals surface area contributed by atoms with E-state index in [-0.39, 0.29) is 24.1 Å². The number of benzene rings is 2. The van der Waals surface area contributed by atoms with Gasteiger partial charge in [0.2, 0.25) is 0 Å². The van der Waals surface area contributed by atoms with E-state index in [1.807, 2.05) is 54.6 Å². The minimum Gasteiger partial charge on any atom is -0.497 e. The van der Waals surface area contributed by atoms with Crippen molar-refractivity contribution in [1.29, 1.82) is 0 Å². The molecule has 132 valence electrons. The van der Waals surface area contributed by atoms with E-state index in [9.17, 15) is 4.79 Å². The summed E-state index contributed by atoms with van der Waals surface area (Å²) in [5.74, 6) is 0.944. The Morgan fingerprint density at radius 1 is 1.04 bits per heavy atom. The summed E-state index contributed by atoms with van der Waals surface area (Å²) in [6, 6.07) is 17.1. The molecule has 3 rings (SSSR count). The number of esters is 1. The van der Waals surface area contributed by atoms with E-state index >= 15 is 0 Å². The van der Waals surface area contributed by atoms with Crippen molar-refractivity contribution in [2.45, 2.75) is 18.6 Å². The normalized spacial score (nSPS) is 22.4. The number of hydrogen-bond acceptors (Lipinski definition) is 5. The van der Waals surface area contributed by atoms with E-state index in [2.05, 4.69) is 0 Å². The van der Waals surface area contributed by atoms with Crippen molar-refractivity contribution in [1.82, 2.24) is 0 Å². The fourth-order valence-corrected chi connectivity index (χ4v) is 3.05. The number of hydrogen-bond donors (Lipinski definition) is 0. The first-order chi connectivity index (χ1) is 12.2. The van der Waals surface area contributed by atoms with E-state index in [4.69, 9.17) is 18.9 Å². The molecule has 0 radical (unpaired) electrons. The highest BCUT2D eigenvalue weighted by Gasteiger charge is 2.41. The zero-order chi connectivity index (χ0) is 17.6. The van der Waals surface area contributed by atoms with Crippen molar-refractivity contribution in [3.05, 3.63) is 60.2 Å². The van der Waals surface area contributed by atoms with Crippen molar-refractivity contribution in [2.75, 3.05) is 20.8 Å². The zero-order valence-corrected chi connectivity index (χ0v) is 14.4. The Morgan fingerprint density at radius 2 is 1.76 bits per heavy atom. The molecule has 0 N–H and O–H groups in total. The van der Waals surface area contributed by atoms with Gasteiger partial charge in [-0.1, -0.05) is 30.3 Å². The van der Waals surface area contributed by atoms with Crippen molar-refractivity contribution < 1.29 is 23.7 Å². The fourth-order valence-electron chi connectivity index (χ4n) is 3.05. The van der Waals surface area contributed by atoms with Crippen molar-refractivity contribution in [2.24, 2.45) is 5.92 Å². The van der Waals surface area contributed by atoms with Crippen LogP contribution in [0.25, 0.3) is 0 Å². The van der Waals surface area contributed by atoms with Gasteiger partial charge in [0.25, 0.3) is 0 Å². The Morgan fingerprint density at radius 3 is 2.40 bits per heavy atom. The van der Waals surface area contributed by atoms with Gasteiger partial charge >= 0.3 is 5.97 Å². The summed E-state index contributed by atoms with van der Waals surface area (Å²) in [4.78, 5) is 12.2. The molecule has 3 atom stereocenters. The maximum Gasteiger partial charge on any atom is 0.311 e. The van der Waals surface area contributed by atoms with Crippen LogP contribution in [-0.4, -0.2) is 32.9 Å². The van der Waals surface area contributed by atoms with Crippen molar-refractivity contribution >= 4 is 5.97 Å². The summed E-state index contributed by atoms with van der Waals surface area (Å²) in [5.41, 5.74) is 0.929. The van der Waals surface area contributed by atoms with Crippen molar-refractivity contribution in [3.8, 4) is 11.5 Å². The van der Waals surface area contributed by atoms with Gasteiger partial charge in [-0.15, -0.1) is 0 Å². The molecule has 5 nitrogen and oxygen atoms in total. The van der Waals surface area contributed by atoms with Gasteiger partial charge in [0.05, 0.1) is 32.3 Å². The second-order valence-corrected chi connectivity index (χ2v) is 5.94. The van der Waals surface area contributed by atoms with E-state index in [0.29, 0.717) is 13.0 Å². The highest BCUT2D eigenvalue weighted by Crippen LogP contribution is 2.39. The summed E-state index contributed by atoms with van der Waals surface area (Å²) in [7, 11) is 3.02. The van der Waals surface area contributed by atoms with E-state index in [1.54, 1.807) is 7.11 Å². The lowest BCUT2D eigenvalue weighted by Gasteiger charge is -2.17. The number of carbonyl (C=O) groups is 1. The molecule has 0 unspecified atom stereocenters. The Kier molecular flexibility index (Phi) is 5.56. The second-order valence-electron chi connectivity index (χ2n) is 5.94. The lowest BCUT2D eigenvalue weighted by atomic mass is 9.94. The molecule has 25 heavy (non-hydrogen) atoms. The molecule has 0 spiro atoms. The number of ether oxygens (including phenoxy) is 4. The summed E-state index contributed by atoms with van der Waals surface area (Å²) >= 11 is 0. The van der Waals surface area contributed by atoms with Crippen LogP contribution in [0.15, 0.2) is 54.6 Å². The SMILES string of the molecule is COC(=O)[C@@H]1C[C@@H](COc2ccccc2)O[C@H]1c1ccc(OC)cc1. The molecule has 1 aliphatic heterocycles. The first-order valence-electron chi connectivity index (χ1n) is 8.26. The number of carbonyl (C=O) groups excluding carboxylic acids is 1. The number of methoxy groups -OCH3 is 2. The van der Waals surface area contributed by atoms with Gasteiger partial charge in [0, 0.05) is 0 Å². The van der Waals surface area contributed by atoms with Gasteiger partial charge < -0.3 is 18.9 Å². The highest BCUT2D eigenvalue weighted by molar-refractivity contribution is 5.73. The molecule has 0 amide bonds. The molecule has 2 aromatic rings. The average Bonchev–Trinajstić information content (AvgIpc) is 3.11. The number of rotatable bonds is 6. The van der Waals surface area contributed by atoms with E-state index in [0.717, 1.165) is 17.1 Å². The maximum absolute atomic E-state index is 12.2. The third-order valence-corrected chi connectivity index (χ3v) is 4.35. The Hall–Kier alpha value is -2.53. The molecule has 0 aromatic heterocycles. The Bertz CT molecular complexity index is 683. The van der Waals surface area contributed by atoms with Gasteiger partial charge in [-0.05, 0) is 36.2 Å². The van der Waals surface area contributed by atoms with Crippen LogP contribution >= 0.6 is 0 Å². The van der Waals surface area contributed by atoms with Crippen LogP contribution in [0.1, 0.15) is 18.1 Å². The average molecular weight is 342 g/mol. The van der Waals surface area contributed by atoms with Crippen molar-refractivity contribution in [3.63, 3.8) is 0 Å². The molecule has 1 aliphatic rings. The molecule has 0 saturated carbocycles. The second kappa shape index (κ2) is 8.03. The predicted octanol–water partition coefficient (Wildman–Crippen LogP) is 3.39.